The zero-order chi connectivity index (χ0) is 10.9. The summed E-state index contributed by atoms with van der Waals surface area (Å²) in [5.74, 6) is 0.466. The van der Waals surface area contributed by atoms with E-state index >= 15 is 0 Å². The second-order valence-corrected chi connectivity index (χ2v) is 4.09. The highest BCUT2D eigenvalue weighted by Gasteiger charge is 2.21. The van der Waals surface area contributed by atoms with Gasteiger partial charge in [-0.05, 0) is 38.8 Å². The molecule has 1 heterocycles. The SMILES string of the molecule is CO/N=C/[C@H](CCCN)[C@H]1CCCCN1. The van der Waals surface area contributed by atoms with Crippen LogP contribution in [0, 0.1) is 5.92 Å². The average Bonchev–Trinajstić information content (AvgIpc) is 2.30. The van der Waals surface area contributed by atoms with Crippen LogP contribution in [-0.2, 0) is 4.84 Å². The van der Waals surface area contributed by atoms with Crippen LogP contribution in [-0.4, -0.2) is 32.5 Å². The van der Waals surface area contributed by atoms with E-state index in [-0.39, 0.29) is 0 Å². The molecule has 0 radical (unpaired) electrons. The van der Waals surface area contributed by atoms with Crippen molar-refractivity contribution in [2.45, 2.75) is 38.1 Å². The van der Waals surface area contributed by atoms with Crippen LogP contribution in [0.4, 0.5) is 0 Å². The van der Waals surface area contributed by atoms with Gasteiger partial charge < -0.3 is 15.9 Å². The lowest BCUT2D eigenvalue weighted by Gasteiger charge is -2.28. The van der Waals surface area contributed by atoms with Crippen LogP contribution in [0.25, 0.3) is 0 Å². The van der Waals surface area contributed by atoms with Crippen molar-refractivity contribution in [3.63, 3.8) is 0 Å². The van der Waals surface area contributed by atoms with Crippen LogP contribution >= 0.6 is 0 Å². The van der Waals surface area contributed by atoms with E-state index in [0.717, 1.165) is 25.9 Å². The minimum atomic E-state index is 0.466. The number of nitrogens with two attached hydrogens (primary N) is 1. The number of hydrogen-bond donors (Lipinski definition) is 2. The summed E-state index contributed by atoms with van der Waals surface area (Å²) in [7, 11) is 1.59. The molecule has 0 unspecified atom stereocenters. The molecule has 88 valence electrons. The zero-order valence-electron chi connectivity index (χ0n) is 9.61. The Balaban J connectivity index is 2.41. The number of hydrogen-bond acceptors (Lipinski definition) is 4. The van der Waals surface area contributed by atoms with Crippen molar-refractivity contribution in [1.29, 1.82) is 0 Å². The molecule has 1 aliphatic rings. The normalized spacial score (nSPS) is 24.3. The molecule has 4 nitrogen and oxygen atoms in total. The summed E-state index contributed by atoms with van der Waals surface area (Å²) in [6, 6.07) is 0.559. The molecule has 0 spiro atoms. The third-order valence-corrected chi connectivity index (χ3v) is 2.96. The van der Waals surface area contributed by atoms with E-state index < -0.39 is 0 Å². The molecule has 0 aromatic heterocycles. The Labute approximate surface area is 92.2 Å². The largest absolute Gasteiger partial charge is 0.399 e. The number of oxime groups is 1. The van der Waals surface area contributed by atoms with Crippen LogP contribution in [0.1, 0.15) is 32.1 Å². The predicted octanol–water partition coefficient (Wildman–Crippen LogP) is 1.12. The van der Waals surface area contributed by atoms with Crippen molar-refractivity contribution in [3.8, 4) is 0 Å². The minimum absolute atomic E-state index is 0.466. The van der Waals surface area contributed by atoms with Crippen molar-refractivity contribution in [2.75, 3.05) is 20.2 Å². The van der Waals surface area contributed by atoms with Crippen molar-refractivity contribution >= 4 is 6.21 Å². The first-order valence-corrected chi connectivity index (χ1v) is 5.88. The Morgan fingerprint density at radius 1 is 1.60 bits per heavy atom. The van der Waals surface area contributed by atoms with Crippen LogP contribution in [0.2, 0.25) is 0 Å². The number of rotatable bonds is 6. The summed E-state index contributed by atoms with van der Waals surface area (Å²) in [6.45, 7) is 1.88. The molecule has 1 aliphatic heterocycles. The Hall–Kier alpha value is -0.610. The number of nitrogens with zero attached hydrogens (tertiary/aromatic N) is 1. The van der Waals surface area contributed by atoms with E-state index in [1.807, 2.05) is 6.21 Å². The van der Waals surface area contributed by atoms with Gasteiger partial charge in [-0.2, -0.15) is 0 Å². The lowest BCUT2D eigenvalue weighted by atomic mass is 9.89. The van der Waals surface area contributed by atoms with Gasteiger partial charge in [0.1, 0.15) is 7.11 Å². The van der Waals surface area contributed by atoms with Gasteiger partial charge in [0, 0.05) is 18.2 Å². The fourth-order valence-corrected chi connectivity index (χ4v) is 2.12. The summed E-state index contributed by atoms with van der Waals surface area (Å²) in [4.78, 5) is 4.75. The second-order valence-electron chi connectivity index (χ2n) is 4.09. The lowest BCUT2D eigenvalue weighted by molar-refractivity contribution is 0.210. The summed E-state index contributed by atoms with van der Waals surface area (Å²) in [5, 5.41) is 7.44. The van der Waals surface area contributed by atoms with E-state index in [2.05, 4.69) is 10.5 Å². The summed E-state index contributed by atoms with van der Waals surface area (Å²) in [6.07, 6.45) is 7.93. The lowest BCUT2D eigenvalue weighted by Crippen LogP contribution is -2.40. The highest BCUT2D eigenvalue weighted by molar-refractivity contribution is 5.61. The molecular weight excluding hydrogens is 190 g/mol. The van der Waals surface area contributed by atoms with Gasteiger partial charge in [-0.1, -0.05) is 11.6 Å². The van der Waals surface area contributed by atoms with Crippen LogP contribution in [0.5, 0.6) is 0 Å². The predicted molar refractivity (Wildman–Crippen MR) is 62.9 cm³/mol. The van der Waals surface area contributed by atoms with E-state index in [1.165, 1.54) is 19.3 Å². The maximum atomic E-state index is 5.54. The third-order valence-electron chi connectivity index (χ3n) is 2.96. The molecule has 15 heavy (non-hydrogen) atoms. The Kier molecular flexibility index (Phi) is 6.36. The second kappa shape index (κ2) is 7.65. The van der Waals surface area contributed by atoms with Gasteiger partial charge in [-0.15, -0.1) is 0 Å². The van der Waals surface area contributed by atoms with E-state index in [1.54, 1.807) is 7.11 Å². The first-order valence-electron chi connectivity index (χ1n) is 5.88. The monoisotopic (exact) mass is 213 g/mol. The molecule has 0 saturated carbocycles. The van der Waals surface area contributed by atoms with E-state index in [9.17, 15) is 0 Å². The molecule has 3 N–H and O–H groups in total. The molecule has 1 rings (SSSR count). The van der Waals surface area contributed by atoms with Gasteiger partial charge in [0.2, 0.25) is 0 Å². The Bertz CT molecular complexity index is 179. The van der Waals surface area contributed by atoms with Crippen LogP contribution in [0.3, 0.4) is 0 Å². The van der Waals surface area contributed by atoms with Gasteiger partial charge in [-0.25, -0.2) is 0 Å². The van der Waals surface area contributed by atoms with Crippen molar-refractivity contribution in [2.24, 2.45) is 16.8 Å². The molecule has 4 heteroatoms. The Morgan fingerprint density at radius 2 is 2.47 bits per heavy atom. The van der Waals surface area contributed by atoms with Crippen molar-refractivity contribution in [3.05, 3.63) is 0 Å². The van der Waals surface area contributed by atoms with Gasteiger partial charge in [0.25, 0.3) is 0 Å². The third kappa shape index (κ3) is 4.62. The highest BCUT2D eigenvalue weighted by atomic mass is 16.6. The number of piperidine rings is 1. The van der Waals surface area contributed by atoms with Gasteiger partial charge >= 0.3 is 0 Å². The minimum Gasteiger partial charge on any atom is -0.399 e. The maximum absolute atomic E-state index is 5.54. The topological polar surface area (TPSA) is 59.6 Å². The fourth-order valence-electron chi connectivity index (χ4n) is 2.12. The maximum Gasteiger partial charge on any atom is 0.106 e. The van der Waals surface area contributed by atoms with Gasteiger partial charge in [-0.3, -0.25) is 0 Å². The quantitative estimate of drug-likeness (QED) is 0.513. The summed E-state index contributed by atoms with van der Waals surface area (Å²) in [5.41, 5.74) is 5.54. The fraction of sp³-hybridized carbons (Fsp3) is 0.909. The molecule has 2 atom stereocenters. The average molecular weight is 213 g/mol. The van der Waals surface area contributed by atoms with E-state index in [4.69, 9.17) is 10.6 Å². The number of nitrogens with one attached hydrogen (secondary N) is 1. The first kappa shape index (κ1) is 12.5. The molecule has 0 bridgehead atoms. The van der Waals surface area contributed by atoms with Crippen molar-refractivity contribution in [1.82, 2.24) is 5.32 Å². The summed E-state index contributed by atoms with van der Waals surface area (Å²) >= 11 is 0. The standard InChI is InChI=1S/C11H23N3O/c1-15-14-9-10(5-4-7-12)11-6-2-3-8-13-11/h9-11,13H,2-8,12H2,1H3/b14-9+/t10-,11+/m0/s1. The molecule has 1 fully saturated rings. The molecule has 0 aromatic carbocycles. The van der Waals surface area contributed by atoms with Crippen molar-refractivity contribution < 1.29 is 4.84 Å². The summed E-state index contributed by atoms with van der Waals surface area (Å²) < 4.78 is 0. The zero-order valence-corrected chi connectivity index (χ0v) is 9.61. The van der Waals surface area contributed by atoms with Crippen LogP contribution in [0.15, 0.2) is 5.16 Å². The first-order chi connectivity index (χ1) is 7.38. The molecular formula is C11H23N3O. The molecule has 0 aromatic rings. The van der Waals surface area contributed by atoms with Crippen LogP contribution < -0.4 is 11.1 Å². The van der Waals surface area contributed by atoms with Gasteiger partial charge in [0.05, 0.1) is 0 Å². The highest BCUT2D eigenvalue weighted by Crippen LogP contribution is 2.18. The Morgan fingerprint density at radius 3 is 3.07 bits per heavy atom. The van der Waals surface area contributed by atoms with E-state index in [0.29, 0.717) is 12.0 Å². The van der Waals surface area contributed by atoms with Gasteiger partial charge in [0.15, 0.2) is 0 Å². The molecule has 1 saturated heterocycles. The smallest absolute Gasteiger partial charge is 0.106 e. The molecule has 0 amide bonds. The molecule has 0 aliphatic carbocycles.